The van der Waals surface area contributed by atoms with Crippen molar-refractivity contribution in [1.29, 1.82) is 0 Å². The molecule has 190 valence electrons. The zero-order chi connectivity index (χ0) is 26.5. The summed E-state index contributed by atoms with van der Waals surface area (Å²) in [5.41, 5.74) is 1.93. The Morgan fingerprint density at radius 1 is 0.944 bits per heavy atom. The minimum atomic E-state index is -4.18. The molecular weight excluding hydrogens is 521 g/mol. The Kier molecular flexibility index (Phi) is 9.00. The molecule has 0 aromatic heterocycles. The summed E-state index contributed by atoms with van der Waals surface area (Å²) < 4.78 is 28.3. The molecule has 0 bridgehead atoms. The first kappa shape index (κ1) is 27.5. The SMILES string of the molecule is CNC(=O)C(C)N(Cc1cccc(C)c1)C(=O)CN(c1cc(Cl)cc(Cl)c1)S(=O)(=O)c1ccccc1. The monoisotopic (exact) mass is 547 g/mol. The second-order valence-electron chi connectivity index (χ2n) is 8.25. The molecular formula is C26H27Cl2N3O4S. The number of hydrogen-bond acceptors (Lipinski definition) is 4. The third kappa shape index (κ3) is 6.57. The van der Waals surface area contributed by atoms with Gasteiger partial charge in [-0.1, -0.05) is 71.2 Å². The van der Waals surface area contributed by atoms with Crippen LogP contribution in [0.15, 0.2) is 77.7 Å². The molecule has 3 aromatic rings. The lowest BCUT2D eigenvalue weighted by Crippen LogP contribution is -2.50. The first-order valence-corrected chi connectivity index (χ1v) is 13.3. The molecule has 0 heterocycles. The van der Waals surface area contributed by atoms with Crippen molar-refractivity contribution < 1.29 is 18.0 Å². The Hall–Kier alpha value is -3.07. The first-order chi connectivity index (χ1) is 17.0. The summed E-state index contributed by atoms with van der Waals surface area (Å²) in [7, 11) is -2.70. The number of rotatable bonds is 9. The van der Waals surface area contributed by atoms with Crippen LogP contribution in [0.25, 0.3) is 0 Å². The summed E-state index contributed by atoms with van der Waals surface area (Å²) in [5, 5.41) is 2.99. The van der Waals surface area contributed by atoms with Crippen LogP contribution in [-0.2, 0) is 26.2 Å². The lowest BCUT2D eigenvalue weighted by Gasteiger charge is -2.32. The van der Waals surface area contributed by atoms with Crippen LogP contribution in [0.2, 0.25) is 10.0 Å². The van der Waals surface area contributed by atoms with Crippen molar-refractivity contribution in [3.63, 3.8) is 0 Å². The molecule has 0 fully saturated rings. The number of carbonyl (C=O) groups excluding carboxylic acids is 2. The van der Waals surface area contributed by atoms with Crippen LogP contribution in [0.4, 0.5) is 5.69 Å². The van der Waals surface area contributed by atoms with E-state index in [0.29, 0.717) is 0 Å². The number of amides is 2. The normalized spacial score (nSPS) is 12.0. The highest BCUT2D eigenvalue weighted by Crippen LogP contribution is 2.30. The molecule has 0 saturated carbocycles. The maximum atomic E-state index is 13.7. The van der Waals surface area contributed by atoms with Crippen molar-refractivity contribution in [2.45, 2.75) is 31.3 Å². The fourth-order valence-corrected chi connectivity index (χ4v) is 5.66. The Bertz CT molecular complexity index is 1330. The molecule has 7 nitrogen and oxygen atoms in total. The quantitative estimate of drug-likeness (QED) is 0.422. The number of carbonyl (C=O) groups is 2. The summed E-state index contributed by atoms with van der Waals surface area (Å²) in [6, 6.07) is 18.8. The van der Waals surface area contributed by atoms with Crippen molar-refractivity contribution in [3.05, 3.63) is 94.0 Å². The molecule has 10 heteroatoms. The zero-order valence-corrected chi connectivity index (χ0v) is 22.4. The molecule has 0 aliphatic rings. The Morgan fingerprint density at radius 3 is 2.17 bits per heavy atom. The fraction of sp³-hybridized carbons (Fsp3) is 0.231. The lowest BCUT2D eigenvalue weighted by atomic mass is 10.1. The number of halogens is 2. The topological polar surface area (TPSA) is 86.8 Å². The molecule has 3 aromatic carbocycles. The summed E-state index contributed by atoms with van der Waals surface area (Å²) >= 11 is 12.3. The highest BCUT2D eigenvalue weighted by atomic mass is 35.5. The molecule has 1 atom stereocenters. The van der Waals surface area contributed by atoms with Crippen LogP contribution in [0.3, 0.4) is 0 Å². The van der Waals surface area contributed by atoms with Crippen LogP contribution in [0.5, 0.6) is 0 Å². The van der Waals surface area contributed by atoms with Crippen molar-refractivity contribution in [2.24, 2.45) is 0 Å². The molecule has 0 saturated heterocycles. The largest absolute Gasteiger partial charge is 0.357 e. The molecule has 0 radical (unpaired) electrons. The number of likely N-dealkylation sites (N-methyl/N-ethyl adjacent to an activating group) is 1. The summed E-state index contributed by atoms with van der Waals surface area (Å²) in [4.78, 5) is 27.6. The van der Waals surface area contributed by atoms with Gasteiger partial charge < -0.3 is 10.2 Å². The number of sulfonamides is 1. The predicted molar refractivity (Wildman–Crippen MR) is 143 cm³/mol. The Morgan fingerprint density at radius 2 is 1.58 bits per heavy atom. The maximum absolute atomic E-state index is 13.7. The summed E-state index contributed by atoms with van der Waals surface area (Å²) in [6.45, 7) is 3.07. The van der Waals surface area contributed by atoms with E-state index in [9.17, 15) is 18.0 Å². The van der Waals surface area contributed by atoms with Gasteiger partial charge in [-0.3, -0.25) is 13.9 Å². The van der Waals surface area contributed by atoms with Gasteiger partial charge >= 0.3 is 0 Å². The number of nitrogens with one attached hydrogen (secondary N) is 1. The standard InChI is InChI=1S/C26H27Cl2N3O4S/c1-18-8-7-9-20(12-18)16-30(19(2)26(33)29-3)25(32)17-31(23-14-21(27)13-22(28)15-23)36(34,35)24-10-5-4-6-11-24/h4-15,19H,16-17H2,1-3H3,(H,29,33). The van der Waals surface area contributed by atoms with E-state index in [-0.39, 0.29) is 33.1 Å². The maximum Gasteiger partial charge on any atom is 0.264 e. The van der Waals surface area contributed by atoms with Crippen LogP contribution in [0.1, 0.15) is 18.1 Å². The van der Waals surface area contributed by atoms with E-state index in [2.05, 4.69) is 5.32 Å². The third-order valence-electron chi connectivity index (χ3n) is 5.59. The third-order valence-corrected chi connectivity index (χ3v) is 7.82. The van der Waals surface area contributed by atoms with E-state index in [1.54, 1.807) is 25.1 Å². The lowest BCUT2D eigenvalue weighted by molar-refractivity contribution is -0.139. The van der Waals surface area contributed by atoms with Gasteiger partial charge in [-0.05, 0) is 49.7 Å². The minimum absolute atomic E-state index is 0.00141. The summed E-state index contributed by atoms with van der Waals surface area (Å²) in [5.74, 6) is -0.942. The van der Waals surface area contributed by atoms with Crippen molar-refractivity contribution in [1.82, 2.24) is 10.2 Å². The summed E-state index contributed by atoms with van der Waals surface area (Å²) in [6.07, 6.45) is 0. The Balaban J connectivity index is 2.06. The van der Waals surface area contributed by atoms with Gasteiger partial charge in [-0.15, -0.1) is 0 Å². The van der Waals surface area contributed by atoms with E-state index in [4.69, 9.17) is 23.2 Å². The van der Waals surface area contributed by atoms with E-state index in [1.807, 2.05) is 31.2 Å². The average molecular weight is 548 g/mol. The molecule has 0 spiro atoms. The minimum Gasteiger partial charge on any atom is -0.357 e. The number of hydrogen-bond donors (Lipinski definition) is 1. The number of nitrogens with zero attached hydrogens (tertiary/aromatic N) is 2. The van der Waals surface area contributed by atoms with Crippen molar-refractivity contribution in [2.75, 3.05) is 17.9 Å². The molecule has 1 unspecified atom stereocenters. The van der Waals surface area contributed by atoms with Crippen LogP contribution < -0.4 is 9.62 Å². The zero-order valence-electron chi connectivity index (χ0n) is 20.1. The number of benzene rings is 3. The van der Waals surface area contributed by atoms with Gasteiger partial charge in [-0.2, -0.15) is 0 Å². The van der Waals surface area contributed by atoms with Crippen LogP contribution in [0, 0.1) is 6.92 Å². The van der Waals surface area contributed by atoms with Gasteiger partial charge in [0.25, 0.3) is 10.0 Å². The molecule has 2 amide bonds. The van der Waals surface area contributed by atoms with E-state index >= 15 is 0 Å². The molecule has 1 N–H and O–H groups in total. The van der Waals surface area contributed by atoms with Gasteiger partial charge in [0.1, 0.15) is 12.6 Å². The van der Waals surface area contributed by atoms with Gasteiger partial charge in [0.15, 0.2) is 0 Å². The van der Waals surface area contributed by atoms with Gasteiger partial charge in [-0.25, -0.2) is 8.42 Å². The molecule has 0 aliphatic carbocycles. The van der Waals surface area contributed by atoms with Crippen molar-refractivity contribution in [3.8, 4) is 0 Å². The van der Waals surface area contributed by atoms with E-state index in [1.165, 1.54) is 42.3 Å². The highest BCUT2D eigenvalue weighted by molar-refractivity contribution is 7.92. The fourth-order valence-electron chi connectivity index (χ4n) is 3.73. The van der Waals surface area contributed by atoms with E-state index < -0.39 is 28.5 Å². The van der Waals surface area contributed by atoms with Gasteiger partial charge in [0.2, 0.25) is 11.8 Å². The number of anilines is 1. The molecule has 0 aliphatic heterocycles. The smallest absolute Gasteiger partial charge is 0.264 e. The van der Waals surface area contributed by atoms with Crippen LogP contribution >= 0.6 is 23.2 Å². The van der Waals surface area contributed by atoms with E-state index in [0.717, 1.165) is 15.4 Å². The van der Waals surface area contributed by atoms with Crippen molar-refractivity contribution >= 4 is 50.7 Å². The molecule has 3 rings (SSSR count). The first-order valence-electron chi connectivity index (χ1n) is 11.1. The van der Waals surface area contributed by atoms with Gasteiger partial charge in [0, 0.05) is 23.6 Å². The highest BCUT2D eigenvalue weighted by Gasteiger charge is 2.32. The van der Waals surface area contributed by atoms with Gasteiger partial charge in [0.05, 0.1) is 10.6 Å². The second-order valence-corrected chi connectivity index (χ2v) is 11.0. The number of aryl methyl sites for hydroxylation is 1. The predicted octanol–water partition coefficient (Wildman–Crippen LogP) is 4.66. The van der Waals surface area contributed by atoms with Crippen LogP contribution in [-0.4, -0.2) is 44.8 Å². The second kappa shape index (κ2) is 11.8. The molecule has 36 heavy (non-hydrogen) atoms. The Labute approximate surface area is 221 Å². The average Bonchev–Trinajstić information content (AvgIpc) is 2.84.